The summed E-state index contributed by atoms with van der Waals surface area (Å²) in [7, 11) is 0. The first-order valence-corrected chi connectivity index (χ1v) is 8.68. The maximum atomic E-state index is 12.3. The lowest BCUT2D eigenvalue weighted by molar-refractivity contribution is 0.0501. The van der Waals surface area contributed by atoms with Crippen molar-refractivity contribution in [1.29, 1.82) is 0 Å². The Bertz CT molecular complexity index is 1100. The van der Waals surface area contributed by atoms with Crippen molar-refractivity contribution in [2.45, 2.75) is 13.0 Å². The van der Waals surface area contributed by atoms with Crippen LogP contribution in [0.5, 0.6) is 0 Å². The van der Waals surface area contributed by atoms with Gasteiger partial charge in [-0.05, 0) is 40.4 Å². The summed E-state index contributed by atoms with van der Waals surface area (Å²) in [6.07, 6.45) is 1.90. The number of benzene rings is 1. The van der Waals surface area contributed by atoms with Crippen LogP contribution < -0.4 is 5.76 Å². The first-order chi connectivity index (χ1) is 12.7. The molecule has 132 valence electrons. The Hall–Kier alpha value is -3.27. The molecule has 10 heteroatoms. The summed E-state index contributed by atoms with van der Waals surface area (Å²) >= 11 is 1.25. The summed E-state index contributed by atoms with van der Waals surface area (Å²) in [5.74, 6) is -0.869. The molecule has 4 aromatic rings. The third-order valence-electron chi connectivity index (χ3n) is 3.76. The zero-order valence-electron chi connectivity index (χ0n) is 13.4. The predicted octanol–water partition coefficient (Wildman–Crippen LogP) is 1.88. The molecular formula is C16H13N5O4S. The van der Waals surface area contributed by atoms with Gasteiger partial charge < -0.3 is 9.15 Å². The molecule has 0 N–H and O–H groups in total. The monoisotopic (exact) mass is 371 g/mol. The molecule has 0 saturated carbocycles. The molecule has 0 radical (unpaired) electrons. The van der Waals surface area contributed by atoms with Crippen LogP contribution in [0.3, 0.4) is 0 Å². The fourth-order valence-electron chi connectivity index (χ4n) is 2.59. The molecule has 0 bridgehead atoms. The zero-order valence-corrected chi connectivity index (χ0v) is 14.3. The number of esters is 1. The third-order valence-corrected chi connectivity index (χ3v) is 4.64. The lowest BCUT2D eigenvalue weighted by Gasteiger charge is -2.06. The van der Waals surface area contributed by atoms with Gasteiger partial charge in [0.15, 0.2) is 5.58 Å². The number of tetrazole rings is 1. The number of fused-ring (bicyclic) bond motifs is 1. The Morgan fingerprint density at radius 1 is 1.27 bits per heavy atom. The summed E-state index contributed by atoms with van der Waals surface area (Å²) in [6, 6.07) is 8.95. The fraction of sp³-hybridized carbons (Fsp3) is 0.188. The van der Waals surface area contributed by atoms with E-state index in [1.807, 2.05) is 12.1 Å². The molecule has 0 aliphatic rings. The Balaban J connectivity index is 1.38. The molecule has 4 rings (SSSR count). The highest BCUT2D eigenvalue weighted by Crippen LogP contribution is 2.21. The molecule has 0 aliphatic carbocycles. The van der Waals surface area contributed by atoms with E-state index in [1.165, 1.54) is 26.9 Å². The van der Waals surface area contributed by atoms with Crippen LogP contribution >= 0.6 is 11.3 Å². The number of hydrogen-bond acceptors (Lipinski definition) is 8. The number of rotatable bonds is 6. The normalized spacial score (nSPS) is 11.1. The number of ether oxygens (including phenoxy) is 1. The number of hydrogen-bond donors (Lipinski definition) is 0. The van der Waals surface area contributed by atoms with E-state index in [2.05, 4.69) is 15.5 Å². The minimum absolute atomic E-state index is 0.178. The van der Waals surface area contributed by atoms with Crippen LogP contribution in [0.1, 0.15) is 16.1 Å². The number of carbonyl (C=O) groups is 1. The third kappa shape index (κ3) is 3.02. The van der Waals surface area contributed by atoms with Gasteiger partial charge in [0.2, 0.25) is 0 Å². The van der Waals surface area contributed by atoms with Crippen molar-refractivity contribution < 1.29 is 13.9 Å². The summed E-state index contributed by atoms with van der Waals surface area (Å²) in [4.78, 5) is 24.6. The van der Waals surface area contributed by atoms with Gasteiger partial charge in [0, 0.05) is 6.54 Å². The molecule has 0 unspecified atom stereocenters. The van der Waals surface area contributed by atoms with Crippen LogP contribution in [0.2, 0.25) is 0 Å². The van der Waals surface area contributed by atoms with Gasteiger partial charge in [-0.3, -0.25) is 4.57 Å². The molecule has 0 atom stereocenters. The van der Waals surface area contributed by atoms with E-state index in [9.17, 15) is 9.59 Å². The second kappa shape index (κ2) is 6.92. The second-order valence-electron chi connectivity index (χ2n) is 5.37. The smallest absolute Gasteiger partial charge is 0.419 e. The quantitative estimate of drug-likeness (QED) is 0.376. The highest BCUT2D eigenvalue weighted by Gasteiger charge is 2.17. The van der Waals surface area contributed by atoms with Crippen LogP contribution in [0.15, 0.2) is 51.3 Å². The number of aromatic nitrogens is 5. The van der Waals surface area contributed by atoms with Gasteiger partial charge in [-0.25, -0.2) is 9.59 Å². The van der Waals surface area contributed by atoms with Gasteiger partial charge in [-0.15, -0.1) is 16.4 Å². The molecule has 1 aromatic carbocycles. The van der Waals surface area contributed by atoms with Gasteiger partial charge in [0.1, 0.15) is 11.2 Å². The summed E-state index contributed by atoms with van der Waals surface area (Å²) in [5, 5.41) is 12.7. The topological polar surface area (TPSA) is 105 Å². The molecule has 9 nitrogen and oxygen atoms in total. The average molecular weight is 371 g/mol. The molecule has 26 heavy (non-hydrogen) atoms. The predicted molar refractivity (Wildman–Crippen MR) is 92.4 cm³/mol. The summed E-state index contributed by atoms with van der Waals surface area (Å²) in [5.41, 5.74) is 1.84. The Morgan fingerprint density at radius 3 is 3.00 bits per heavy atom. The minimum atomic E-state index is -0.449. The molecule has 3 heterocycles. The summed E-state index contributed by atoms with van der Waals surface area (Å²) < 4.78 is 13.4. The van der Waals surface area contributed by atoms with E-state index in [4.69, 9.17) is 9.15 Å². The molecule has 0 aliphatic heterocycles. The van der Waals surface area contributed by atoms with E-state index in [1.54, 1.807) is 23.6 Å². The average Bonchev–Trinajstić information content (AvgIpc) is 3.37. The van der Waals surface area contributed by atoms with Crippen molar-refractivity contribution in [1.82, 2.24) is 24.8 Å². The van der Waals surface area contributed by atoms with Gasteiger partial charge in [-0.2, -0.15) is 4.68 Å². The molecule has 0 fully saturated rings. The molecule has 3 aromatic heterocycles. The van der Waals surface area contributed by atoms with Gasteiger partial charge in [0.25, 0.3) is 0 Å². The number of nitrogens with zero attached hydrogens (tertiary/aromatic N) is 5. The number of thiophene rings is 1. The SMILES string of the molecule is O=C(OCCCn1c(=O)oc2ccccc21)c1sccc1-n1cnnn1. The van der Waals surface area contributed by atoms with Crippen LogP contribution in [0.4, 0.5) is 0 Å². The Labute approximate surface area is 150 Å². The van der Waals surface area contributed by atoms with Crippen molar-refractivity contribution in [2.75, 3.05) is 6.61 Å². The van der Waals surface area contributed by atoms with Crippen LogP contribution in [0, 0.1) is 0 Å². The molecule has 0 amide bonds. The van der Waals surface area contributed by atoms with Crippen molar-refractivity contribution in [3.05, 3.63) is 57.5 Å². The van der Waals surface area contributed by atoms with Crippen molar-refractivity contribution >= 4 is 28.4 Å². The molecular weight excluding hydrogens is 358 g/mol. The second-order valence-corrected chi connectivity index (χ2v) is 6.28. The van der Waals surface area contributed by atoms with Crippen LogP contribution in [-0.2, 0) is 11.3 Å². The highest BCUT2D eigenvalue weighted by molar-refractivity contribution is 7.12. The Morgan fingerprint density at radius 2 is 2.15 bits per heavy atom. The van der Waals surface area contributed by atoms with E-state index in [-0.39, 0.29) is 6.61 Å². The van der Waals surface area contributed by atoms with E-state index in [0.717, 1.165) is 5.52 Å². The van der Waals surface area contributed by atoms with Crippen molar-refractivity contribution in [3.8, 4) is 5.69 Å². The number of para-hydroxylation sites is 2. The van der Waals surface area contributed by atoms with E-state index in [0.29, 0.717) is 29.1 Å². The van der Waals surface area contributed by atoms with Crippen molar-refractivity contribution in [3.63, 3.8) is 0 Å². The van der Waals surface area contributed by atoms with Gasteiger partial charge >= 0.3 is 11.7 Å². The number of carbonyl (C=O) groups excluding carboxylic acids is 1. The first-order valence-electron chi connectivity index (χ1n) is 7.80. The van der Waals surface area contributed by atoms with Gasteiger partial charge in [0.05, 0.1) is 17.8 Å². The lowest BCUT2D eigenvalue weighted by atomic mass is 10.3. The first kappa shape index (κ1) is 16.2. The van der Waals surface area contributed by atoms with Crippen LogP contribution in [0.25, 0.3) is 16.8 Å². The molecule has 0 spiro atoms. The Kier molecular flexibility index (Phi) is 4.32. The largest absolute Gasteiger partial charge is 0.461 e. The van der Waals surface area contributed by atoms with Crippen LogP contribution in [-0.4, -0.2) is 37.4 Å². The van der Waals surface area contributed by atoms with E-state index >= 15 is 0 Å². The number of oxazole rings is 1. The van der Waals surface area contributed by atoms with Crippen molar-refractivity contribution in [2.24, 2.45) is 0 Å². The maximum absolute atomic E-state index is 12.3. The standard InChI is InChI=1S/C16H13N5O4S/c22-15(14-12(6-9-26-14)21-10-17-18-19-21)24-8-3-7-20-11-4-1-2-5-13(11)25-16(20)23/h1-2,4-6,9-10H,3,7-8H2. The maximum Gasteiger partial charge on any atom is 0.419 e. The zero-order chi connectivity index (χ0) is 17.9. The fourth-order valence-corrected chi connectivity index (χ4v) is 3.36. The highest BCUT2D eigenvalue weighted by atomic mass is 32.1. The number of aryl methyl sites for hydroxylation is 1. The van der Waals surface area contributed by atoms with E-state index < -0.39 is 11.7 Å². The lowest BCUT2D eigenvalue weighted by Crippen LogP contribution is -2.16. The minimum Gasteiger partial charge on any atom is -0.461 e. The van der Waals surface area contributed by atoms with Gasteiger partial charge in [-0.1, -0.05) is 12.1 Å². The summed E-state index contributed by atoms with van der Waals surface area (Å²) in [6.45, 7) is 0.575. The molecule has 0 saturated heterocycles.